The van der Waals surface area contributed by atoms with Crippen LogP contribution in [-0.2, 0) is 0 Å². The molecule has 0 spiro atoms. The van der Waals surface area contributed by atoms with Gasteiger partial charge in [-0.2, -0.15) is 5.10 Å². The number of nitrogen functional groups attached to an aromatic ring is 1. The molecule has 0 atom stereocenters. The Morgan fingerprint density at radius 3 is 2.89 bits per heavy atom. The quantitative estimate of drug-likeness (QED) is 0.600. The number of hydrogen-bond acceptors (Lipinski definition) is 6. The molecule has 0 aliphatic rings. The highest BCUT2D eigenvalue weighted by atomic mass is 35.5. The monoisotopic (exact) mass is 296 g/mol. The molecule has 7 heteroatoms. The molecule has 0 bridgehead atoms. The molecule has 2 rings (SSSR count). The van der Waals surface area contributed by atoms with Gasteiger partial charge in [-0.1, -0.05) is 11.6 Å². The standard InChI is InChI=1S/C12H13ClN4OS/c1-6-3-9(18)8(7(2)11(6)13)4-15-17-12-16-10(14)5-19-12/h3-5,18H,14H2,1-2H3,(H,16,17). The van der Waals surface area contributed by atoms with E-state index in [1.807, 2.05) is 13.8 Å². The molecule has 5 nitrogen and oxygen atoms in total. The van der Waals surface area contributed by atoms with Crippen molar-refractivity contribution in [3.63, 3.8) is 0 Å². The minimum Gasteiger partial charge on any atom is -0.507 e. The largest absolute Gasteiger partial charge is 0.507 e. The van der Waals surface area contributed by atoms with Crippen LogP contribution in [0.1, 0.15) is 16.7 Å². The maximum atomic E-state index is 9.89. The van der Waals surface area contributed by atoms with Crippen LogP contribution in [0.25, 0.3) is 0 Å². The Balaban J connectivity index is 2.21. The van der Waals surface area contributed by atoms with Gasteiger partial charge in [-0.25, -0.2) is 4.98 Å². The number of hydrazone groups is 1. The van der Waals surface area contributed by atoms with Crippen LogP contribution in [0.4, 0.5) is 10.9 Å². The Kier molecular flexibility index (Phi) is 3.92. The molecular weight excluding hydrogens is 284 g/mol. The molecule has 0 amide bonds. The van der Waals surface area contributed by atoms with E-state index >= 15 is 0 Å². The second-order valence-electron chi connectivity index (χ2n) is 4.01. The van der Waals surface area contributed by atoms with E-state index in [1.54, 1.807) is 11.4 Å². The number of nitrogens with one attached hydrogen (secondary N) is 1. The number of aromatic hydroxyl groups is 1. The average Bonchev–Trinajstić information content (AvgIpc) is 2.77. The zero-order chi connectivity index (χ0) is 14.0. The van der Waals surface area contributed by atoms with Crippen LogP contribution in [0.5, 0.6) is 5.75 Å². The number of thiazole rings is 1. The summed E-state index contributed by atoms with van der Waals surface area (Å²) in [5.74, 6) is 0.587. The van der Waals surface area contributed by atoms with Crippen LogP contribution < -0.4 is 11.2 Å². The van der Waals surface area contributed by atoms with E-state index in [0.29, 0.717) is 21.5 Å². The lowest BCUT2D eigenvalue weighted by atomic mass is 10.1. The summed E-state index contributed by atoms with van der Waals surface area (Å²) < 4.78 is 0. The first-order valence-corrected chi connectivity index (χ1v) is 6.73. The van der Waals surface area contributed by atoms with Crippen LogP contribution in [0.15, 0.2) is 16.5 Å². The lowest BCUT2D eigenvalue weighted by Crippen LogP contribution is -1.95. The highest BCUT2D eigenvalue weighted by Crippen LogP contribution is 2.29. The first-order valence-electron chi connectivity index (χ1n) is 5.47. The Labute approximate surface area is 119 Å². The number of nitrogens with zero attached hydrogens (tertiary/aromatic N) is 2. The molecule has 0 aliphatic carbocycles. The van der Waals surface area contributed by atoms with Crippen molar-refractivity contribution in [1.29, 1.82) is 0 Å². The summed E-state index contributed by atoms with van der Waals surface area (Å²) in [6, 6.07) is 1.61. The summed E-state index contributed by atoms with van der Waals surface area (Å²) in [5, 5.41) is 16.8. The zero-order valence-electron chi connectivity index (χ0n) is 10.4. The number of hydrogen-bond donors (Lipinski definition) is 3. The maximum Gasteiger partial charge on any atom is 0.205 e. The average molecular weight is 297 g/mol. The lowest BCUT2D eigenvalue weighted by molar-refractivity contribution is 0.473. The number of aromatic nitrogens is 1. The van der Waals surface area contributed by atoms with Crippen molar-refractivity contribution in [2.45, 2.75) is 13.8 Å². The predicted molar refractivity (Wildman–Crippen MR) is 80.3 cm³/mol. The van der Waals surface area contributed by atoms with E-state index < -0.39 is 0 Å². The first kappa shape index (κ1) is 13.6. The van der Waals surface area contributed by atoms with Gasteiger partial charge in [-0.05, 0) is 31.0 Å². The molecule has 100 valence electrons. The van der Waals surface area contributed by atoms with Crippen LogP contribution in [-0.4, -0.2) is 16.3 Å². The fourth-order valence-electron chi connectivity index (χ4n) is 1.60. The number of rotatable bonds is 3. The third kappa shape index (κ3) is 2.97. The molecular formula is C12H13ClN4OS. The van der Waals surface area contributed by atoms with Crippen molar-refractivity contribution in [1.82, 2.24) is 4.98 Å². The molecule has 19 heavy (non-hydrogen) atoms. The minimum atomic E-state index is 0.142. The summed E-state index contributed by atoms with van der Waals surface area (Å²) in [5.41, 5.74) is 10.4. The van der Waals surface area contributed by atoms with E-state index in [4.69, 9.17) is 17.3 Å². The van der Waals surface area contributed by atoms with Gasteiger partial charge in [0, 0.05) is 16.0 Å². The van der Waals surface area contributed by atoms with Gasteiger partial charge < -0.3 is 10.8 Å². The number of phenols is 1. The smallest absolute Gasteiger partial charge is 0.205 e. The number of phenolic OH excluding ortho intramolecular Hbond substituents is 1. The molecule has 0 aliphatic heterocycles. The van der Waals surface area contributed by atoms with Gasteiger partial charge >= 0.3 is 0 Å². The Morgan fingerprint density at radius 2 is 2.26 bits per heavy atom. The van der Waals surface area contributed by atoms with E-state index in [0.717, 1.165) is 11.1 Å². The van der Waals surface area contributed by atoms with Gasteiger partial charge in [0.1, 0.15) is 11.6 Å². The van der Waals surface area contributed by atoms with Crippen molar-refractivity contribution in [3.05, 3.63) is 33.2 Å². The van der Waals surface area contributed by atoms with Gasteiger partial charge in [-0.15, -0.1) is 11.3 Å². The van der Waals surface area contributed by atoms with Crippen molar-refractivity contribution < 1.29 is 5.11 Å². The molecule has 1 aromatic heterocycles. The van der Waals surface area contributed by atoms with E-state index in [9.17, 15) is 5.11 Å². The van der Waals surface area contributed by atoms with Crippen molar-refractivity contribution in [2.75, 3.05) is 11.2 Å². The number of aryl methyl sites for hydroxylation is 1. The lowest BCUT2D eigenvalue weighted by Gasteiger charge is -2.08. The summed E-state index contributed by atoms with van der Waals surface area (Å²) in [6.45, 7) is 3.67. The second-order valence-corrected chi connectivity index (χ2v) is 5.25. The topological polar surface area (TPSA) is 83.5 Å². The summed E-state index contributed by atoms with van der Waals surface area (Å²) >= 11 is 7.48. The van der Waals surface area contributed by atoms with Gasteiger partial charge in [-0.3, -0.25) is 5.43 Å². The maximum absolute atomic E-state index is 9.89. The third-order valence-corrected chi connectivity index (χ3v) is 3.93. The predicted octanol–water partition coefficient (Wildman–Crippen LogP) is 3.15. The Bertz CT molecular complexity index is 639. The fraction of sp³-hybridized carbons (Fsp3) is 0.167. The first-order chi connectivity index (χ1) is 8.99. The molecule has 0 saturated heterocycles. The number of nitrogens with two attached hydrogens (primary N) is 1. The summed E-state index contributed by atoms with van der Waals surface area (Å²) in [4.78, 5) is 4.00. The Hall–Kier alpha value is -1.79. The van der Waals surface area contributed by atoms with Crippen molar-refractivity contribution >= 4 is 40.1 Å². The zero-order valence-corrected chi connectivity index (χ0v) is 12.0. The molecule has 0 unspecified atom stereocenters. The van der Waals surface area contributed by atoms with Gasteiger partial charge in [0.15, 0.2) is 0 Å². The van der Waals surface area contributed by atoms with E-state index in [-0.39, 0.29) is 5.75 Å². The minimum absolute atomic E-state index is 0.142. The molecule has 0 radical (unpaired) electrons. The molecule has 0 fully saturated rings. The van der Waals surface area contributed by atoms with E-state index in [1.165, 1.54) is 17.6 Å². The number of halogens is 1. The summed E-state index contributed by atoms with van der Waals surface area (Å²) in [7, 11) is 0. The fourth-order valence-corrected chi connectivity index (χ4v) is 2.31. The third-order valence-electron chi connectivity index (χ3n) is 2.58. The highest BCUT2D eigenvalue weighted by molar-refractivity contribution is 7.14. The molecule has 1 heterocycles. The summed E-state index contributed by atoms with van der Waals surface area (Å²) in [6.07, 6.45) is 1.51. The number of benzene rings is 1. The Morgan fingerprint density at radius 1 is 1.53 bits per heavy atom. The molecule has 2 aromatic rings. The van der Waals surface area contributed by atoms with Crippen LogP contribution in [0.3, 0.4) is 0 Å². The van der Waals surface area contributed by atoms with E-state index in [2.05, 4.69) is 15.5 Å². The van der Waals surface area contributed by atoms with Crippen molar-refractivity contribution in [3.8, 4) is 5.75 Å². The van der Waals surface area contributed by atoms with Crippen molar-refractivity contribution in [2.24, 2.45) is 5.10 Å². The van der Waals surface area contributed by atoms with Crippen LogP contribution in [0.2, 0.25) is 5.02 Å². The molecule has 4 N–H and O–H groups in total. The van der Waals surface area contributed by atoms with Gasteiger partial charge in [0.05, 0.1) is 6.21 Å². The van der Waals surface area contributed by atoms with Gasteiger partial charge in [0.25, 0.3) is 0 Å². The highest BCUT2D eigenvalue weighted by Gasteiger charge is 2.09. The number of anilines is 2. The SMILES string of the molecule is Cc1cc(O)c(C=NNc2nc(N)cs2)c(C)c1Cl. The van der Waals surface area contributed by atoms with Crippen LogP contribution >= 0.6 is 22.9 Å². The van der Waals surface area contributed by atoms with Crippen LogP contribution in [0, 0.1) is 13.8 Å². The normalized spacial score (nSPS) is 11.1. The molecule has 0 saturated carbocycles. The second kappa shape index (κ2) is 5.46. The molecule has 1 aromatic carbocycles. The van der Waals surface area contributed by atoms with Gasteiger partial charge in [0.2, 0.25) is 5.13 Å².